The maximum Gasteiger partial charge on any atom is 0.190 e. The standard InChI is InChI=1S/C20H28N6.HI/c1-16-22-12-14-26(16)13-6-5-10-23-20(21-2)24-11-9-17-15-25-19-8-4-3-7-18(17)19;/h3-4,7-8,12,14-15,25H,5-6,9-11,13H2,1-2H3,(H2,21,23,24);1H. The Hall–Kier alpha value is -2.03. The number of nitrogens with one attached hydrogen (secondary N) is 3. The SMILES string of the molecule is CN=C(NCCCCn1ccnc1C)NCCc1c[nH]c2ccccc12.I. The van der Waals surface area contributed by atoms with E-state index in [1.807, 2.05) is 26.4 Å². The highest BCUT2D eigenvalue weighted by Crippen LogP contribution is 2.17. The number of imidazole rings is 1. The molecule has 146 valence electrons. The number of para-hydroxylation sites is 1. The third kappa shape index (κ3) is 5.98. The van der Waals surface area contributed by atoms with E-state index in [-0.39, 0.29) is 24.0 Å². The summed E-state index contributed by atoms with van der Waals surface area (Å²) in [5, 5.41) is 8.08. The zero-order valence-corrected chi connectivity index (χ0v) is 18.4. The van der Waals surface area contributed by atoms with E-state index in [4.69, 9.17) is 0 Å². The molecule has 7 heteroatoms. The number of hydrogen-bond donors (Lipinski definition) is 3. The second-order valence-electron chi connectivity index (χ2n) is 6.41. The third-order valence-electron chi connectivity index (χ3n) is 4.63. The number of H-pyrrole nitrogens is 1. The summed E-state index contributed by atoms with van der Waals surface area (Å²) in [4.78, 5) is 11.9. The first-order valence-electron chi connectivity index (χ1n) is 9.25. The Kier molecular flexibility index (Phi) is 8.63. The lowest BCUT2D eigenvalue weighted by Crippen LogP contribution is -2.38. The van der Waals surface area contributed by atoms with Crippen molar-refractivity contribution in [2.75, 3.05) is 20.1 Å². The molecule has 0 amide bonds. The second kappa shape index (κ2) is 11.0. The van der Waals surface area contributed by atoms with Crippen molar-refractivity contribution in [1.29, 1.82) is 0 Å². The number of aromatic nitrogens is 3. The molecule has 0 aliphatic carbocycles. The van der Waals surface area contributed by atoms with Gasteiger partial charge in [0, 0.05) is 56.2 Å². The monoisotopic (exact) mass is 480 g/mol. The zero-order valence-electron chi connectivity index (χ0n) is 16.0. The smallest absolute Gasteiger partial charge is 0.190 e. The molecule has 0 radical (unpaired) electrons. The van der Waals surface area contributed by atoms with Gasteiger partial charge in [-0.2, -0.15) is 0 Å². The highest BCUT2D eigenvalue weighted by atomic mass is 127. The van der Waals surface area contributed by atoms with Crippen LogP contribution in [0.1, 0.15) is 24.2 Å². The van der Waals surface area contributed by atoms with Crippen molar-refractivity contribution >= 4 is 40.8 Å². The Morgan fingerprint density at radius 1 is 1.19 bits per heavy atom. The molecule has 0 spiro atoms. The van der Waals surface area contributed by atoms with Gasteiger partial charge in [-0.15, -0.1) is 24.0 Å². The largest absolute Gasteiger partial charge is 0.361 e. The van der Waals surface area contributed by atoms with Crippen LogP contribution in [0.25, 0.3) is 10.9 Å². The molecular formula is C20H29IN6. The average molecular weight is 480 g/mol. The van der Waals surface area contributed by atoms with Crippen LogP contribution in [-0.4, -0.2) is 40.6 Å². The van der Waals surface area contributed by atoms with Gasteiger partial charge in [0.2, 0.25) is 0 Å². The number of nitrogens with zero attached hydrogens (tertiary/aromatic N) is 3. The van der Waals surface area contributed by atoms with E-state index in [9.17, 15) is 0 Å². The first-order chi connectivity index (χ1) is 12.8. The van der Waals surface area contributed by atoms with E-state index < -0.39 is 0 Å². The number of aromatic amines is 1. The molecule has 2 heterocycles. The summed E-state index contributed by atoms with van der Waals surface area (Å²) in [6, 6.07) is 8.41. The number of benzene rings is 1. The molecule has 0 saturated heterocycles. The second-order valence-corrected chi connectivity index (χ2v) is 6.41. The Morgan fingerprint density at radius 2 is 2.00 bits per heavy atom. The van der Waals surface area contributed by atoms with Crippen molar-refractivity contribution in [3.63, 3.8) is 0 Å². The van der Waals surface area contributed by atoms with Gasteiger partial charge in [0.25, 0.3) is 0 Å². The maximum atomic E-state index is 4.30. The molecule has 2 aromatic heterocycles. The lowest BCUT2D eigenvalue weighted by Gasteiger charge is -2.12. The summed E-state index contributed by atoms with van der Waals surface area (Å²) < 4.78 is 2.19. The number of aliphatic imine (C=N–C) groups is 1. The minimum atomic E-state index is 0. The predicted molar refractivity (Wildman–Crippen MR) is 123 cm³/mol. The summed E-state index contributed by atoms with van der Waals surface area (Å²) in [6.45, 7) is 4.83. The van der Waals surface area contributed by atoms with Gasteiger partial charge in [-0.3, -0.25) is 4.99 Å². The topological polar surface area (TPSA) is 70.0 Å². The molecule has 0 aliphatic rings. The minimum Gasteiger partial charge on any atom is -0.361 e. The van der Waals surface area contributed by atoms with Crippen LogP contribution < -0.4 is 10.6 Å². The molecule has 6 nitrogen and oxygen atoms in total. The fourth-order valence-corrected chi connectivity index (χ4v) is 3.13. The van der Waals surface area contributed by atoms with Crippen LogP contribution in [0.15, 0.2) is 47.8 Å². The molecule has 0 saturated carbocycles. The molecule has 3 aromatic rings. The van der Waals surface area contributed by atoms with E-state index in [1.54, 1.807) is 0 Å². The average Bonchev–Trinajstić information content (AvgIpc) is 3.26. The molecule has 1 aromatic carbocycles. The molecule has 0 fully saturated rings. The van der Waals surface area contributed by atoms with Gasteiger partial charge >= 0.3 is 0 Å². The van der Waals surface area contributed by atoms with E-state index in [0.717, 1.165) is 50.7 Å². The Labute approximate surface area is 177 Å². The summed E-state index contributed by atoms with van der Waals surface area (Å²) >= 11 is 0. The van der Waals surface area contributed by atoms with Gasteiger partial charge in [-0.05, 0) is 37.8 Å². The summed E-state index contributed by atoms with van der Waals surface area (Å²) in [5.41, 5.74) is 2.53. The normalized spacial score (nSPS) is 11.4. The lowest BCUT2D eigenvalue weighted by atomic mass is 10.1. The van der Waals surface area contributed by atoms with Crippen LogP contribution in [0.4, 0.5) is 0 Å². The van der Waals surface area contributed by atoms with Gasteiger partial charge in [-0.25, -0.2) is 4.98 Å². The number of guanidine groups is 1. The fourth-order valence-electron chi connectivity index (χ4n) is 3.13. The number of hydrogen-bond acceptors (Lipinski definition) is 2. The summed E-state index contributed by atoms with van der Waals surface area (Å²) in [6.07, 6.45) is 9.17. The lowest BCUT2D eigenvalue weighted by molar-refractivity contribution is 0.588. The molecule has 0 atom stereocenters. The number of aryl methyl sites for hydroxylation is 2. The van der Waals surface area contributed by atoms with E-state index in [2.05, 4.69) is 60.6 Å². The van der Waals surface area contributed by atoms with E-state index >= 15 is 0 Å². The van der Waals surface area contributed by atoms with Crippen LogP contribution in [-0.2, 0) is 13.0 Å². The van der Waals surface area contributed by atoms with Gasteiger partial charge in [0.05, 0.1) is 0 Å². The summed E-state index contributed by atoms with van der Waals surface area (Å²) in [7, 11) is 1.82. The fraction of sp³-hybridized carbons (Fsp3) is 0.400. The number of rotatable bonds is 8. The third-order valence-corrected chi connectivity index (χ3v) is 4.63. The number of fused-ring (bicyclic) bond motifs is 1. The van der Waals surface area contributed by atoms with Crippen molar-refractivity contribution in [1.82, 2.24) is 25.2 Å². The molecule has 3 rings (SSSR count). The van der Waals surface area contributed by atoms with Crippen molar-refractivity contribution in [3.8, 4) is 0 Å². The Morgan fingerprint density at radius 3 is 2.78 bits per heavy atom. The quantitative estimate of drug-likeness (QED) is 0.200. The van der Waals surface area contributed by atoms with Crippen molar-refractivity contribution in [2.24, 2.45) is 4.99 Å². The van der Waals surface area contributed by atoms with E-state index in [1.165, 1.54) is 16.5 Å². The van der Waals surface area contributed by atoms with Crippen LogP contribution in [0.3, 0.4) is 0 Å². The maximum absolute atomic E-state index is 4.30. The molecule has 0 bridgehead atoms. The van der Waals surface area contributed by atoms with Gasteiger partial charge in [0.15, 0.2) is 5.96 Å². The molecule has 3 N–H and O–H groups in total. The first kappa shape index (κ1) is 21.3. The Bertz CT molecular complexity index is 851. The van der Waals surface area contributed by atoms with Gasteiger partial charge < -0.3 is 20.2 Å². The van der Waals surface area contributed by atoms with Crippen molar-refractivity contribution in [3.05, 3.63) is 54.2 Å². The van der Waals surface area contributed by atoms with Crippen molar-refractivity contribution in [2.45, 2.75) is 32.7 Å². The first-order valence-corrected chi connectivity index (χ1v) is 9.25. The molecule has 0 unspecified atom stereocenters. The highest BCUT2D eigenvalue weighted by Gasteiger charge is 2.03. The molecular weight excluding hydrogens is 451 g/mol. The predicted octanol–water partition coefficient (Wildman–Crippen LogP) is 3.48. The highest BCUT2D eigenvalue weighted by molar-refractivity contribution is 14.0. The Balaban J connectivity index is 0.00000261. The van der Waals surface area contributed by atoms with E-state index in [0.29, 0.717) is 0 Å². The minimum absolute atomic E-state index is 0. The van der Waals surface area contributed by atoms with Crippen LogP contribution >= 0.6 is 24.0 Å². The van der Waals surface area contributed by atoms with Gasteiger partial charge in [-0.1, -0.05) is 18.2 Å². The molecule has 27 heavy (non-hydrogen) atoms. The van der Waals surface area contributed by atoms with Crippen molar-refractivity contribution < 1.29 is 0 Å². The number of unbranched alkanes of at least 4 members (excludes halogenated alkanes) is 1. The molecule has 0 aliphatic heterocycles. The van der Waals surface area contributed by atoms with Crippen LogP contribution in [0.5, 0.6) is 0 Å². The van der Waals surface area contributed by atoms with Gasteiger partial charge in [0.1, 0.15) is 5.82 Å². The number of halogens is 1. The van der Waals surface area contributed by atoms with Crippen LogP contribution in [0.2, 0.25) is 0 Å². The van der Waals surface area contributed by atoms with Crippen LogP contribution in [0, 0.1) is 6.92 Å². The zero-order chi connectivity index (χ0) is 18.2. The summed E-state index contributed by atoms with van der Waals surface area (Å²) in [5.74, 6) is 1.94.